The van der Waals surface area contributed by atoms with E-state index in [4.69, 9.17) is 28.4 Å². The molecule has 0 rings (SSSR count). The minimum absolute atomic E-state index is 0.0618. The highest BCUT2D eigenvalue weighted by Crippen LogP contribution is 2.09. The molecule has 0 fully saturated rings. The molecule has 35 heavy (non-hydrogen) atoms. The Labute approximate surface area is 217 Å². The Kier molecular flexibility index (Phi) is 39.2. The standard InChI is InChI=1S/C12H24N4O.C10H19ClO.C2H6N4/c1-2-3-4-5-6-7-8-9-12(17)14-10-11-15-16-13;1-2-3-4-5-6-7-8-9-10(11)12;3-1-2-5-6-4/h2-11H2,1H3,(H,14,17);2-9H2,1H3;1-3H2. The number of hydrogen-bond acceptors (Lipinski definition) is 5. The van der Waals surface area contributed by atoms with Gasteiger partial charge in [0.05, 0.1) is 0 Å². The van der Waals surface area contributed by atoms with Crippen LogP contribution in [0.1, 0.15) is 117 Å². The molecule has 0 aromatic rings. The fourth-order valence-corrected chi connectivity index (χ4v) is 3.08. The van der Waals surface area contributed by atoms with E-state index in [2.05, 4.69) is 39.2 Å². The maximum Gasteiger partial charge on any atom is 0.221 e. The van der Waals surface area contributed by atoms with E-state index in [0.717, 1.165) is 25.7 Å². The average Bonchev–Trinajstić information content (AvgIpc) is 2.85. The number of azide groups is 2. The van der Waals surface area contributed by atoms with Crippen LogP contribution in [0.25, 0.3) is 20.9 Å². The number of carbonyl (C=O) groups is 2. The average molecular weight is 517 g/mol. The predicted molar refractivity (Wildman–Crippen MR) is 146 cm³/mol. The highest BCUT2D eigenvalue weighted by molar-refractivity contribution is 6.63. The van der Waals surface area contributed by atoms with E-state index in [1.54, 1.807) is 0 Å². The number of rotatable bonds is 21. The van der Waals surface area contributed by atoms with Gasteiger partial charge in [0.2, 0.25) is 11.1 Å². The van der Waals surface area contributed by atoms with E-state index in [9.17, 15) is 9.59 Å². The fourth-order valence-electron chi connectivity index (χ4n) is 2.94. The summed E-state index contributed by atoms with van der Waals surface area (Å²) in [7, 11) is 0. The van der Waals surface area contributed by atoms with E-state index in [1.165, 1.54) is 64.2 Å². The van der Waals surface area contributed by atoms with Crippen molar-refractivity contribution in [2.75, 3.05) is 26.2 Å². The van der Waals surface area contributed by atoms with Crippen LogP contribution >= 0.6 is 11.6 Å². The first kappa shape index (κ1) is 37.6. The normalized spacial score (nSPS) is 9.37. The molecule has 0 saturated carbocycles. The van der Waals surface area contributed by atoms with Gasteiger partial charge in [-0.1, -0.05) is 101 Å². The van der Waals surface area contributed by atoms with Crippen LogP contribution in [0.2, 0.25) is 0 Å². The maximum atomic E-state index is 11.3. The van der Waals surface area contributed by atoms with Crippen LogP contribution in [0.15, 0.2) is 10.2 Å². The molecule has 0 aliphatic rings. The van der Waals surface area contributed by atoms with Crippen molar-refractivity contribution >= 4 is 22.8 Å². The maximum absolute atomic E-state index is 11.3. The number of unbranched alkanes of at least 4 members (excludes halogenated alkanes) is 12. The Hall–Kier alpha value is -1.99. The van der Waals surface area contributed by atoms with Crippen molar-refractivity contribution in [1.29, 1.82) is 0 Å². The topological polar surface area (TPSA) is 170 Å². The molecule has 0 radical (unpaired) electrons. The lowest BCUT2D eigenvalue weighted by Crippen LogP contribution is -2.25. The van der Waals surface area contributed by atoms with Gasteiger partial charge in [0.25, 0.3) is 0 Å². The van der Waals surface area contributed by atoms with E-state index in [-0.39, 0.29) is 11.1 Å². The molecule has 0 atom stereocenters. The highest BCUT2D eigenvalue weighted by Gasteiger charge is 1.99. The van der Waals surface area contributed by atoms with E-state index >= 15 is 0 Å². The van der Waals surface area contributed by atoms with Crippen molar-refractivity contribution in [3.05, 3.63) is 20.9 Å². The molecule has 204 valence electrons. The molecule has 11 heteroatoms. The van der Waals surface area contributed by atoms with Gasteiger partial charge in [0, 0.05) is 42.3 Å². The molecular formula is C24H49ClN8O2. The predicted octanol–water partition coefficient (Wildman–Crippen LogP) is 7.70. The molecule has 0 spiro atoms. The number of carbonyl (C=O) groups excluding carboxylic acids is 2. The van der Waals surface area contributed by atoms with E-state index in [1.807, 2.05) is 0 Å². The molecule has 10 nitrogen and oxygen atoms in total. The first-order valence-corrected chi connectivity index (χ1v) is 13.5. The third-order valence-electron chi connectivity index (χ3n) is 4.87. The van der Waals surface area contributed by atoms with E-state index in [0.29, 0.717) is 39.0 Å². The number of hydrogen-bond donors (Lipinski definition) is 2. The zero-order valence-electron chi connectivity index (χ0n) is 22.1. The Bertz CT molecular complexity index is 566. The molecule has 0 bridgehead atoms. The molecule has 0 aromatic heterocycles. The first-order valence-electron chi connectivity index (χ1n) is 13.2. The highest BCUT2D eigenvalue weighted by atomic mass is 35.5. The van der Waals surface area contributed by atoms with Gasteiger partial charge in [-0.25, -0.2) is 0 Å². The molecule has 0 aliphatic carbocycles. The summed E-state index contributed by atoms with van der Waals surface area (Å²) >= 11 is 5.20. The SMILES string of the molecule is CCCCCCCCCC(=O)Cl.CCCCCCCCCC(=O)NCCN=[N+]=[N-].[N-]=[N+]=NCCN. The van der Waals surface area contributed by atoms with Crippen molar-refractivity contribution in [2.45, 2.75) is 117 Å². The largest absolute Gasteiger partial charge is 0.356 e. The zero-order valence-corrected chi connectivity index (χ0v) is 22.9. The Balaban J connectivity index is -0.000000493. The van der Waals surface area contributed by atoms with Crippen molar-refractivity contribution < 1.29 is 9.59 Å². The third-order valence-corrected chi connectivity index (χ3v) is 5.06. The third kappa shape index (κ3) is 46.1. The van der Waals surface area contributed by atoms with Crippen LogP contribution < -0.4 is 11.1 Å². The van der Waals surface area contributed by atoms with Gasteiger partial charge >= 0.3 is 0 Å². The summed E-state index contributed by atoms with van der Waals surface area (Å²) in [6.07, 6.45) is 18.3. The summed E-state index contributed by atoms with van der Waals surface area (Å²) in [6.45, 7) is 6.03. The first-order chi connectivity index (χ1) is 17.0. The molecular weight excluding hydrogens is 468 g/mol. The molecule has 0 unspecified atom stereocenters. The van der Waals surface area contributed by atoms with E-state index < -0.39 is 0 Å². The Morgan fingerprint density at radius 3 is 1.57 bits per heavy atom. The minimum Gasteiger partial charge on any atom is -0.356 e. The van der Waals surface area contributed by atoms with Crippen LogP contribution in [0.4, 0.5) is 0 Å². The van der Waals surface area contributed by atoms with Crippen molar-refractivity contribution in [3.63, 3.8) is 0 Å². The number of nitrogens with zero attached hydrogens (tertiary/aromatic N) is 6. The lowest BCUT2D eigenvalue weighted by atomic mass is 10.1. The smallest absolute Gasteiger partial charge is 0.221 e. The van der Waals surface area contributed by atoms with Crippen LogP contribution in [-0.4, -0.2) is 37.3 Å². The Morgan fingerprint density at radius 1 is 0.743 bits per heavy atom. The summed E-state index contributed by atoms with van der Waals surface area (Å²) in [4.78, 5) is 26.7. The summed E-state index contributed by atoms with van der Waals surface area (Å²) in [5.74, 6) is 0.0618. The number of nitrogens with two attached hydrogens (primary N) is 1. The monoisotopic (exact) mass is 516 g/mol. The number of nitrogens with one attached hydrogen (secondary N) is 1. The van der Waals surface area contributed by atoms with Crippen LogP contribution in [-0.2, 0) is 9.59 Å². The molecule has 3 N–H and O–H groups in total. The summed E-state index contributed by atoms with van der Waals surface area (Å²) in [5.41, 5.74) is 20.6. The molecule has 0 saturated heterocycles. The van der Waals surface area contributed by atoms with Crippen molar-refractivity contribution in [3.8, 4) is 0 Å². The van der Waals surface area contributed by atoms with Crippen LogP contribution in [0.3, 0.4) is 0 Å². The van der Waals surface area contributed by atoms with Gasteiger partial charge in [-0.3, -0.25) is 9.59 Å². The second-order valence-corrected chi connectivity index (χ2v) is 8.57. The van der Waals surface area contributed by atoms with Gasteiger partial charge in [0.15, 0.2) is 0 Å². The summed E-state index contributed by atoms with van der Waals surface area (Å²) < 4.78 is 0. The minimum atomic E-state index is -0.191. The molecule has 0 aliphatic heterocycles. The Morgan fingerprint density at radius 2 is 1.17 bits per heavy atom. The lowest BCUT2D eigenvalue weighted by Gasteiger charge is -2.03. The van der Waals surface area contributed by atoms with Crippen molar-refractivity contribution in [2.24, 2.45) is 16.0 Å². The number of halogens is 1. The second kappa shape index (κ2) is 36.6. The fraction of sp³-hybridized carbons (Fsp3) is 0.917. The van der Waals surface area contributed by atoms with Crippen LogP contribution in [0, 0.1) is 0 Å². The molecule has 0 heterocycles. The summed E-state index contributed by atoms with van der Waals surface area (Å²) in [6, 6.07) is 0. The van der Waals surface area contributed by atoms with Gasteiger partial charge in [-0.05, 0) is 42.0 Å². The number of amides is 1. The quantitative estimate of drug-likeness (QED) is 0.0524. The zero-order chi connectivity index (χ0) is 26.8. The van der Waals surface area contributed by atoms with Gasteiger partial charge in [-0.2, -0.15) is 0 Å². The van der Waals surface area contributed by atoms with Gasteiger partial charge in [-0.15, -0.1) is 0 Å². The van der Waals surface area contributed by atoms with Gasteiger partial charge in [0.1, 0.15) is 0 Å². The van der Waals surface area contributed by atoms with Crippen molar-refractivity contribution in [1.82, 2.24) is 5.32 Å². The summed E-state index contributed by atoms with van der Waals surface area (Å²) in [5, 5.41) is 9.03. The molecule has 0 aromatic carbocycles. The lowest BCUT2D eigenvalue weighted by molar-refractivity contribution is -0.121. The van der Waals surface area contributed by atoms with Gasteiger partial charge < -0.3 is 11.1 Å². The second-order valence-electron chi connectivity index (χ2n) is 8.15. The molecule has 1 amide bonds. The van der Waals surface area contributed by atoms with Crippen LogP contribution in [0.5, 0.6) is 0 Å².